The van der Waals surface area contributed by atoms with E-state index < -0.39 is 0 Å². The minimum Gasteiger partial charge on any atom is -0.369 e. The molecular formula is C15H20N8O2. The van der Waals surface area contributed by atoms with Crippen LogP contribution in [0.4, 0.5) is 10.5 Å². The molecule has 1 aliphatic heterocycles. The molecule has 10 nitrogen and oxygen atoms in total. The number of carbonyl (C=O) groups is 2. The molecular weight excluding hydrogens is 324 g/mol. The van der Waals surface area contributed by atoms with Crippen LogP contribution in [0.3, 0.4) is 0 Å². The quantitative estimate of drug-likeness (QED) is 0.684. The number of nitrogens with zero attached hydrogens (tertiary/aromatic N) is 5. The van der Waals surface area contributed by atoms with E-state index in [0.29, 0.717) is 11.5 Å². The van der Waals surface area contributed by atoms with Crippen molar-refractivity contribution in [2.75, 3.05) is 25.0 Å². The van der Waals surface area contributed by atoms with Crippen molar-refractivity contribution in [1.82, 2.24) is 30.0 Å². The van der Waals surface area contributed by atoms with Crippen LogP contribution in [-0.2, 0) is 4.79 Å². The Morgan fingerprint density at radius 1 is 1.28 bits per heavy atom. The maximum atomic E-state index is 12.1. The standard InChI is InChI=1S/C15H20N8O2/c16-13(24)8-22-5-3-11(4-6-22)20-15(25)21-12-1-2-14(18-7-12)23-10-17-9-19-23/h1-2,7,9-11H,3-6,8H2,(H2,16,24)(H2,20,21,25). The number of likely N-dealkylation sites (tertiary alicyclic amines) is 1. The van der Waals surface area contributed by atoms with E-state index in [0.717, 1.165) is 25.9 Å². The molecule has 0 bridgehead atoms. The molecule has 1 saturated heterocycles. The summed E-state index contributed by atoms with van der Waals surface area (Å²) in [6.07, 6.45) is 6.10. The highest BCUT2D eigenvalue weighted by Gasteiger charge is 2.21. The second-order valence-electron chi connectivity index (χ2n) is 5.86. The van der Waals surface area contributed by atoms with Gasteiger partial charge in [-0.05, 0) is 25.0 Å². The van der Waals surface area contributed by atoms with E-state index >= 15 is 0 Å². The molecule has 0 unspecified atom stereocenters. The summed E-state index contributed by atoms with van der Waals surface area (Å²) in [4.78, 5) is 33.1. The fraction of sp³-hybridized carbons (Fsp3) is 0.400. The van der Waals surface area contributed by atoms with Gasteiger partial charge in [0.1, 0.15) is 12.7 Å². The van der Waals surface area contributed by atoms with E-state index in [1.807, 2.05) is 4.90 Å². The molecule has 1 aliphatic rings. The lowest BCUT2D eigenvalue weighted by atomic mass is 10.1. The number of hydrogen-bond donors (Lipinski definition) is 3. The van der Waals surface area contributed by atoms with Crippen LogP contribution >= 0.6 is 0 Å². The predicted molar refractivity (Wildman–Crippen MR) is 90.0 cm³/mol. The summed E-state index contributed by atoms with van der Waals surface area (Å²) in [6, 6.07) is 3.29. The maximum Gasteiger partial charge on any atom is 0.319 e. The average molecular weight is 344 g/mol. The van der Waals surface area contributed by atoms with Gasteiger partial charge < -0.3 is 16.4 Å². The lowest BCUT2D eigenvalue weighted by Gasteiger charge is -2.31. The molecule has 0 aliphatic carbocycles. The molecule has 0 saturated carbocycles. The number of anilines is 1. The zero-order chi connectivity index (χ0) is 17.6. The van der Waals surface area contributed by atoms with Gasteiger partial charge in [-0.1, -0.05) is 0 Å². The van der Waals surface area contributed by atoms with Gasteiger partial charge in [0.2, 0.25) is 5.91 Å². The molecule has 2 aromatic heterocycles. The number of rotatable bonds is 5. The van der Waals surface area contributed by atoms with Gasteiger partial charge in [-0.2, -0.15) is 5.10 Å². The molecule has 0 atom stereocenters. The first-order valence-corrected chi connectivity index (χ1v) is 7.99. The number of piperidine rings is 1. The fourth-order valence-corrected chi connectivity index (χ4v) is 2.73. The highest BCUT2D eigenvalue weighted by Crippen LogP contribution is 2.11. The topological polar surface area (TPSA) is 131 Å². The van der Waals surface area contributed by atoms with E-state index in [9.17, 15) is 9.59 Å². The number of amides is 3. The van der Waals surface area contributed by atoms with Crippen molar-refractivity contribution in [3.8, 4) is 5.82 Å². The number of aromatic nitrogens is 4. The lowest BCUT2D eigenvalue weighted by molar-refractivity contribution is -0.119. The smallest absolute Gasteiger partial charge is 0.319 e. The Kier molecular flexibility index (Phi) is 5.19. The van der Waals surface area contributed by atoms with Crippen molar-refractivity contribution in [1.29, 1.82) is 0 Å². The van der Waals surface area contributed by atoms with E-state index in [4.69, 9.17) is 5.73 Å². The zero-order valence-corrected chi connectivity index (χ0v) is 13.6. The molecule has 3 rings (SSSR count). The van der Waals surface area contributed by atoms with Gasteiger partial charge >= 0.3 is 6.03 Å². The summed E-state index contributed by atoms with van der Waals surface area (Å²) in [6.45, 7) is 1.74. The summed E-state index contributed by atoms with van der Waals surface area (Å²) in [5.41, 5.74) is 5.78. The number of primary amides is 1. The van der Waals surface area contributed by atoms with Gasteiger partial charge in [0, 0.05) is 19.1 Å². The van der Waals surface area contributed by atoms with Crippen molar-refractivity contribution in [2.45, 2.75) is 18.9 Å². The average Bonchev–Trinajstić information content (AvgIpc) is 3.11. The third-order valence-electron chi connectivity index (χ3n) is 3.96. The normalized spacial score (nSPS) is 15.7. The van der Waals surface area contributed by atoms with Crippen molar-refractivity contribution in [3.63, 3.8) is 0 Å². The van der Waals surface area contributed by atoms with E-state index in [2.05, 4.69) is 25.7 Å². The molecule has 3 heterocycles. The van der Waals surface area contributed by atoms with Crippen LogP contribution in [0.25, 0.3) is 5.82 Å². The Morgan fingerprint density at radius 3 is 2.68 bits per heavy atom. The summed E-state index contributed by atoms with van der Waals surface area (Å²) < 4.78 is 1.53. The Hall–Kier alpha value is -3.01. The minimum absolute atomic E-state index is 0.0755. The summed E-state index contributed by atoms with van der Waals surface area (Å²) >= 11 is 0. The van der Waals surface area contributed by atoms with Gasteiger partial charge in [0.05, 0.1) is 18.4 Å². The van der Waals surface area contributed by atoms with E-state index in [-0.39, 0.29) is 24.5 Å². The van der Waals surface area contributed by atoms with Gasteiger partial charge in [-0.3, -0.25) is 9.69 Å². The van der Waals surface area contributed by atoms with Gasteiger partial charge in [-0.25, -0.2) is 19.4 Å². The first-order chi connectivity index (χ1) is 12.1. The Labute approximate surface area is 144 Å². The van der Waals surface area contributed by atoms with Crippen molar-refractivity contribution in [3.05, 3.63) is 31.0 Å². The van der Waals surface area contributed by atoms with Gasteiger partial charge in [-0.15, -0.1) is 0 Å². The van der Waals surface area contributed by atoms with Gasteiger partial charge in [0.25, 0.3) is 0 Å². The zero-order valence-electron chi connectivity index (χ0n) is 13.6. The summed E-state index contributed by atoms with van der Waals surface area (Å²) in [7, 11) is 0. The fourth-order valence-electron chi connectivity index (χ4n) is 2.73. The first kappa shape index (κ1) is 16.8. The SMILES string of the molecule is NC(=O)CN1CCC(NC(=O)Nc2ccc(-n3cncn3)nc2)CC1. The maximum absolute atomic E-state index is 12.1. The largest absolute Gasteiger partial charge is 0.369 e. The van der Waals surface area contributed by atoms with Crippen molar-refractivity contribution < 1.29 is 9.59 Å². The highest BCUT2D eigenvalue weighted by atomic mass is 16.2. The number of nitrogens with two attached hydrogens (primary N) is 1. The molecule has 0 aromatic carbocycles. The summed E-state index contributed by atoms with van der Waals surface area (Å²) in [5, 5.41) is 9.68. The Morgan fingerprint density at radius 2 is 2.08 bits per heavy atom. The van der Waals surface area contributed by atoms with Crippen LogP contribution in [0.5, 0.6) is 0 Å². The number of nitrogens with one attached hydrogen (secondary N) is 2. The van der Waals surface area contributed by atoms with E-state index in [1.54, 1.807) is 24.7 Å². The molecule has 3 amide bonds. The second kappa shape index (κ2) is 7.71. The number of hydrogen-bond acceptors (Lipinski definition) is 6. The number of carbonyl (C=O) groups excluding carboxylic acids is 2. The number of urea groups is 1. The molecule has 0 radical (unpaired) electrons. The second-order valence-corrected chi connectivity index (χ2v) is 5.86. The molecule has 0 spiro atoms. The molecule has 2 aromatic rings. The van der Waals surface area contributed by atoms with Crippen LogP contribution in [0.15, 0.2) is 31.0 Å². The molecule has 1 fully saturated rings. The Bertz CT molecular complexity index is 708. The van der Waals surface area contributed by atoms with Gasteiger partial charge in [0.15, 0.2) is 5.82 Å². The van der Waals surface area contributed by atoms with Crippen LogP contribution in [0.2, 0.25) is 0 Å². The minimum atomic E-state index is -0.328. The van der Waals surface area contributed by atoms with Crippen LogP contribution < -0.4 is 16.4 Å². The molecule has 25 heavy (non-hydrogen) atoms. The monoisotopic (exact) mass is 344 g/mol. The third kappa shape index (κ3) is 4.73. The summed E-state index contributed by atoms with van der Waals surface area (Å²) in [5.74, 6) is 0.288. The Balaban J connectivity index is 1.46. The number of pyridine rings is 1. The van der Waals surface area contributed by atoms with Crippen LogP contribution in [-0.4, -0.2) is 62.3 Å². The van der Waals surface area contributed by atoms with Crippen molar-refractivity contribution >= 4 is 17.6 Å². The molecule has 10 heteroatoms. The van der Waals surface area contributed by atoms with Crippen LogP contribution in [0.1, 0.15) is 12.8 Å². The molecule has 132 valence electrons. The highest BCUT2D eigenvalue weighted by molar-refractivity contribution is 5.89. The predicted octanol–water partition coefficient (Wildman–Crippen LogP) is -0.266. The van der Waals surface area contributed by atoms with E-state index in [1.165, 1.54) is 11.0 Å². The first-order valence-electron chi connectivity index (χ1n) is 7.99. The third-order valence-corrected chi connectivity index (χ3v) is 3.96. The van der Waals surface area contributed by atoms with Crippen molar-refractivity contribution in [2.24, 2.45) is 5.73 Å². The lowest BCUT2D eigenvalue weighted by Crippen LogP contribution is -2.47. The van der Waals surface area contributed by atoms with Crippen LogP contribution in [0, 0.1) is 0 Å². The molecule has 4 N–H and O–H groups in total.